The Morgan fingerprint density at radius 3 is 2.34 bits per heavy atom. The number of hydrogen-bond acceptors (Lipinski definition) is 5. The standard InChI is InChI=1S/C24H22O5/c1-26-21-14-12-18(23(16-21)27-2)13-15-24(25)28-17-19-8-6-7-11-22(19)29-20-9-4-3-5-10-20/h3-16H,17H2,1-2H3/b15-13+. The number of methoxy groups -OCH3 is 2. The van der Waals surface area contributed by atoms with Crippen LogP contribution in [0.3, 0.4) is 0 Å². The van der Waals surface area contributed by atoms with Crippen LogP contribution >= 0.6 is 0 Å². The van der Waals surface area contributed by atoms with E-state index < -0.39 is 5.97 Å². The van der Waals surface area contributed by atoms with Gasteiger partial charge in [-0.25, -0.2) is 4.79 Å². The molecule has 0 heterocycles. The first-order chi connectivity index (χ1) is 14.2. The number of hydrogen-bond donors (Lipinski definition) is 0. The van der Waals surface area contributed by atoms with Crippen molar-refractivity contribution in [3.05, 3.63) is 90.0 Å². The molecule has 29 heavy (non-hydrogen) atoms. The predicted octanol–water partition coefficient (Wildman–Crippen LogP) is 5.25. The van der Waals surface area contributed by atoms with Gasteiger partial charge < -0.3 is 18.9 Å². The Kier molecular flexibility index (Phi) is 6.90. The first kappa shape index (κ1) is 20.0. The molecule has 0 unspecified atom stereocenters. The lowest BCUT2D eigenvalue weighted by Gasteiger charge is -2.11. The average molecular weight is 390 g/mol. The van der Waals surface area contributed by atoms with Crippen LogP contribution in [0, 0.1) is 0 Å². The molecule has 3 aromatic carbocycles. The zero-order valence-corrected chi connectivity index (χ0v) is 16.3. The number of esters is 1. The Bertz CT molecular complexity index is 980. The van der Waals surface area contributed by atoms with Gasteiger partial charge in [0, 0.05) is 23.3 Å². The minimum atomic E-state index is -0.461. The van der Waals surface area contributed by atoms with Crippen LogP contribution in [0.15, 0.2) is 78.9 Å². The topological polar surface area (TPSA) is 54.0 Å². The zero-order chi connectivity index (χ0) is 20.5. The lowest BCUT2D eigenvalue weighted by Crippen LogP contribution is -2.02. The van der Waals surface area contributed by atoms with Crippen LogP contribution in [0.4, 0.5) is 0 Å². The van der Waals surface area contributed by atoms with Gasteiger partial charge in [-0.15, -0.1) is 0 Å². The number of ether oxygens (including phenoxy) is 4. The quantitative estimate of drug-likeness (QED) is 0.388. The first-order valence-electron chi connectivity index (χ1n) is 9.07. The number of rotatable bonds is 8. The smallest absolute Gasteiger partial charge is 0.331 e. The van der Waals surface area contributed by atoms with Crippen molar-refractivity contribution in [1.29, 1.82) is 0 Å². The molecule has 0 atom stereocenters. The van der Waals surface area contributed by atoms with Gasteiger partial charge in [0.2, 0.25) is 0 Å². The molecule has 0 aliphatic carbocycles. The van der Waals surface area contributed by atoms with Crippen molar-refractivity contribution in [2.75, 3.05) is 14.2 Å². The van der Waals surface area contributed by atoms with Crippen LogP contribution in [0.2, 0.25) is 0 Å². The molecule has 0 saturated carbocycles. The largest absolute Gasteiger partial charge is 0.497 e. The van der Waals surface area contributed by atoms with Gasteiger partial charge in [0.1, 0.15) is 29.6 Å². The first-order valence-corrected chi connectivity index (χ1v) is 9.07. The molecule has 0 aromatic heterocycles. The van der Waals surface area contributed by atoms with E-state index in [1.54, 1.807) is 32.4 Å². The van der Waals surface area contributed by atoms with Crippen LogP contribution in [0.5, 0.6) is 23.0 Å². The molecule has 0 amide bonds. The molecule has 0 saturated heterocycles. The molecule has 0 bridgehead atoms. The van der Waals surface area contributed by atoms with Crippen molar-refractivity contribution >= 4 is 12.0 Å². The molecule has 0 spiro atoms. The maximum Gasteiger partial charge on any atom is 0.331 e. The summed E-state index contributed by atoms with van der Waals surface area (Å²) in [6.07, 6.45) is 3.01. The molecular formula is C24H22O5. The van der Waals surface area contributed by atoms with E-state index in [1.807, 2.05) is 60.7 Å². The highest BCUT2D eigenvalue weighted by atomic mass is 16.5. The average Bonchev–Trinajstić information content (AvgIpc) is 2.77. The van der Waals surface area contributed by atoms with Gasteiger partial charge in [-0.05, 0) is 36.4 Å². The van der Waals surface area contributed by atoms with E-state index in [2.05, 4.69) is 0 Å². The van der Waals surface area contributed by atoms with E-state index >= 15 is 0 Å². The predicted molar refractivity (Wildman–Crippen MR) is 111 cm³/mol. The molecule has 0 N–H and O–H groups in total. The monoisotopic (exact) mass is 390 g/mol. The minimum absolute atomic E-state index is 0.103. The molecular weight excluding hydrogens is 368 g/mol. The van der Waals surface area contributed by atoms with E-state index in [0.717, 1.165) is 16.9 Å². The third-order valence-corrected chi connectivity index (χ3v) is 4.15. The summed E-state index contributed by atoms with van der Waals surface area (Å²) in [5.41, 5.74) is 1.53. The second-order valence-electron chi connectivity index (χ2n) is 6.07. The lowest BCUT2D eigenvalue weighted by atomic mass is 10.1. The Balaban J connectivity index is 1.63. The molecule has 5 heteroatoms. The number of para-hydroxylation sites is 2. The van der Waals surface area contributed by atoms with Gasteiger partial charge >= 0.3 is 5.97 Å². The summed E-state index contributed by atoms with van der Waals surface area (Å²) in [6, 6.07) is 22.3. The summed E-state index contributed by atoms with van der Waals surface area (Å²) in [5, 5.41) is 0. The number of benzene rings is 3. The van der Waals surface area contributed by atoms with Crippen LogP contribution in [0.25, 0.3) is 6.08 Å². The summed E-state index contributed by atoms with van der Waals surface area (Å²) in [5.74, 6) is 2.19. The molecule has 0 radical (unpaired) electrons. The summed E-state index contributed by atoms with van der Waals surface area (Å²) >= 11 is 0. The summed E-state index contributed by atoms with van der Waals surface area (Å²) < 4.78 is 21.8. The number of carbonyl (C=O) groups is 1. The SMILES string of the molecule is COc1ccc(/C=C/C(=O)OCc2ccccc2Oc2ccccc2)c(OC)c1. The van der Waals surface area contributed by atoms with Crippen LogP contribution in [-0.2, 0) is 16.1 Å². The van der Waals surface area contributed by atoms with Gasteiger partial charge in [-0.2, -0.15) is 0 Å². The Morgan fingerprint density at radius 2 is 1.59 bits per heavy atom. The van der Waals surface area contributed by atoms with Gasteiger partial charge in [0.25, 0.3) is 0 Å². The second-order valence-corrected chi connectivity index (χ2v) is 6.07. The molecule has 148 valence electrons. The van der Waals surface area contributed by atoms with Crippen molar-refractivity contribution in [3.8, 4) is 23.0 Å². The summed E-state index contributed by atoms with van der Waals surface area (Å²) in [7, 11) is 3.15. The maximum absolute atomic E-state index is 12.2. The van der Waals surface area contributed by atoms with Gasteiger partial charge in [-0.1, -0.05) is 36.4 Å². The van der Waals surface area contributed by atoms with Crippen molar-refractivity contribution in [1.82, 2.24) is 0 Å². The lowest BCUT2D eigenvalue weighted by molar-refractivity contribution is -0.138. The van der Waals surface area contributed by atoms with Gasteiger partial charge in [0.05, 0.1) is 14.2 Å². The van der Waals surface area contributed by atoms with E-state index in [-0.39, 0.29) is 6.61 Å². The molecule has 0 aliphatic rings. The van der Waals surface area contributed by atoms with Crippen LogP contribution < -0.4 is 14.2 Å². The normalized spacial score (nSPS) is 10.6. The van der Waals surface area contributed by atoms with E-state index in [1.165, 1.54) is 6.08 Å². The fourth-order valence-corrected chi connectivity index (χ4v) is 2.65. The summed E-state index contributed by atoms with van der Waals surface area (Å²) in [6.45, 7) is 0.103. The van der Waals surface area contributed by atoms with E-state index in [4.69, 9.17) is 18.9 Å². The molecule has 0 fully saturated rings. The fourth-order valence-electron chi connectivity index (χ4n) is 2.65. The summed E-state index contributed by atoms with van der Waals surface area (Å²) in [4.78, 5) is 12.2. The fraction of sp³-hybridized carbons (Fsp3) is 0.125. The molecule has 3 aromatic rings. The maximum atomic E-state index is 12.2. The zero-order valence-electron chi connectivity index (χ0n) is 16.3. The van der Waals surface area contributed by atoms with Crippen molar-refractivity contribution in [2.45, 2.75) is 6.61 Å². The van der Waals surface area contributed by atoms with E-state index in [0.29, 0.717) is 17.2 Å². The Labute approximate surface area is 170 Å². The van der Waals surface area contributed by atoms with Crippen LogP contribution in [-0.4, -0.2) is 20.2 Å². The van der Waals surface area contributed by atoms with Gasteiger partial charge in [-0.3, -0.25) is 0 Å². The van der Waals surface area contributed by atoms with Crippen molar-refractivity contribution in [3.63, 3.8) is 0 Å². The Morgan fingerprint density at radius 1 is 0.828 bits per heavy atom. The van der Waals surface area contributed by atoms with Crippen LogP contribution in [0.1, 0.15) is 11.1 Å². The molecule has 0 aliphatic heterocycles. The third-order valence-electron chi connectivity index (χ3n) is 4.15. The highest BCUT2D eigenvalue weighted by Crippen LogP contribution is 2.27. The highest BCUT2D eigenvalue weighted by molar-refractivity contribution is 5.87. The van der Waals surface area contributed by atoms with Gasteiger partial charge in [0.15, 0.2) is 0 Å². The molecule has 3 rings (SSSR count). The second kappa shape index (κ2) is 9.99. The highest BCUT2D eigenvalue weighted by Gasteiger charge is 2.08. The Hall–Kier alpha value is -3.73. The van der Waals surface area contributed by atoms with E-state index in [9.17, 15) is 4.79 Å². The number of carbonyl (C=O) groups excluding carboxylic acids is 1. The molecule has 5 nitrogen and oxygen atoms in total. The minimum Gasteiger partial charge on any atom is -0.497 e. The third kappa shape index (κ3) is 5.62. The van der Waals surface area contributed by atoms with Crippen molar-refractivity contribution < 1.29 is 23.7 Å². The van der Waals surface area contributed by atoms with Crippen molar-refractivity contribution in [2.24, 2.45) is 0 Å².